The van der Waals surface area contributed by atoms with Crippen molar-refractivity contribution in [2.75, 3.05) is 23.9 Å². The average Bonchev–Trinajstić information content (AvgIpc) is 3.23. The van der Waals surface area contributed by atoms with Crippen LogP contribution in [-0.2, 0) is 17.8 Å². The van der Waals surface area contributed by atoms with E-state index in [9.17, 15) is 19.2 Å². The quantitative estimate of drug-likeness (QED) is 0.127. The van der Waals surface area contributed by atoms with Crippen molar-refractivity contribution in [1.82, 2.24) is 24.4 Å². The summed E-state index contributed by atoms with van der Waals surface area (Å²) < 4.78 is 5.52. The molecule has 2 heterocycles. The molecule has 0 atom stereocenters. The summed E-state index contributed by atoms with van der Waals surface area (Å²) in [5.41, 5.74) is 11.4. The number of nitrogen functional groups attached to an aromatic ring is 2. The van der Waals surface area contributed by atoms with E-state index in [2.05, 4.69) is 30.0 Å². The van der Waals surface area contributed by atoms with Crippen LogP contribution >= 0.6 is 11.8 Å². The van der Waals surface area contributed by atoms with E-state index in [4.69, 9.17) is 28.4 Å². The molecule has 4 aromatic rings. The van der Waals surface area contributed by atoms with Crippen LogP contribution in [0.2, 0.25) is 0 Å². The second kappa shape index (κ2) is 10.6. The number of aromatic nitrogens is 4. The predicted octanol–water partition coefficient (Wildman–Crippen LogP) is -0.0884. The van der Waals surface area contributed by atoms with Gasteiger partial charge < -0.3 is 26.6 Å². The van der Waals surface area contributed by atoms with Crippen LogP contribution in [0.1, 0.15) is 32.1 Å². The standard InChI is InChI=1S/C12H12ClN3O2.C8H7N5O4/c13-16-6-8-3-1-2-7(4-8)5-15-10-9(14)11(17)12(10)18;1-17-6(16)4-2-3(5(14)15)10-8-11-7(9)12-13(4)8/h1-4,15-16H,5-6,14H2;2H,1H3,(H2,9,12)(H,14,15). The second-order valence-corrected chi connectivity index (χ2v) is 7.20. The Morgan fingerprint density at radius 1 is 1.11 bits per heavy atom. The number of carboxylic acid groups (broad SMARTS) is 1. The number of nitrogens with one attached hydrogen (secondary N) is 2. The van der Waals surface area contributed by atoms with Gasteiger partial charge in [-0.25, -0.2) is 19.4 Å². The number of nitrogens with zero attached hydrogens (tertiary/aromatic N) is 4. The lowest BCUT2D eigenvalue weighted by atomic mass is 10.1. The van der Waals surface area contributed by atoms with Crippen LogP contribution in [0.3, 0.4) is 0 Å². The topological polar surface area (TPSA) is 217 Å². The van der Waals surface area contributed by atoms with Crippen LogP contribution in [0.4, 0.5) is 17.3 Å². The number of carboxylic acids is 1. The van der Waals surface area contributed by atoms with Gasteiger partial charge in [0.15, 0.2) is 11.4 Å². The lowest BCUT2D eigenvalue weighted by Crippen LogP contribution is -2.36. The molecule has 2 aromatic carbocycles. The lowest BCUT2D eigenvalue weighted by Gasteiger charge is -2.10. The van der Waals surface area contributed by atoms with E-state index in [0.717, 1.165) is 28.8 Å². The maximum atomic E-state index is 11.4. The highest BCUT2D eigenvalue weighted by molar-refractivity contribution is 6.13. The van der Waals surface area contributed by atoms with Crippen LogP contribution in [0.15, 0.2) is 39.9 Å². The van der Waals surface area contributed by atoms with Gasteiger partial charge in [-0.1, -0.05) is 24.3 Å². The summed E-state index contributed by atoms with van der Waals surface area (Å²) >= 11 is 5.43. The summed E-state index contributed by atoms with van der Waals surface area (Å²) in [6.07, 6.45) is 0. The molecule has 4 rings (SSSR count). The van der Waals surface area contributed by atoms with E-state index in [1.165, 1.54) is 0 Å². The Bertz CT molecular complexity index is 1480. The highest BCUT2D eigenvalue weighted by atomic mass is 35.5. The van der Waals surface area contributed by atoms with E-state index in [-0.39, 0.29) is 34.5 Å². The number of hydrogen-bond acceptors (Lipinski definition) is 12. The summed E-state index contributed by atoms with van der Waals surface area (Å²) in [5.74, 6) is -2.25. The Morgan fingerprint density at radius 3 is 2.40 bits per heavy atom. The van der Waals surface area contributed by atoms with E-state index in [1.54, 1.807) is 0 Å². The highest BCUT2D eigenvalue weighted by Crippen LogP contribution is 2.12. The Morgan fingerprint density at radius 2 is 1.80 bits per heavy atom. The number of hydrogen-bond donors (Lipinski definition) is 5. The molecule has 0 aliphatic carbocycles. The molecular weight excluding hydrogens is 484 g/mol. The van der Waals surface area contributed by atoms with Gasteiger partial charge in [-0.15, -0.1) is 5.10 Å². The van der Waals surface area contributed by atoms with Gasteiger partial charge >= 0.3 is 11.9 Å². The third-order valence-electron chi connectivity index (χ3n) is 4.62. The molecule has 0 bridgehead atoms. The Hall–Kier alpha value is -4.56. The van der Waals surface area contributed by atoms with Crippen LogP contribution in [0.5, 0.6) is 0 Å². The predicted molar refractivity (Wildman–Crippen MR) is 126 cm³/mol. The molecule has 0 aliphatic rings. The summed E-state index contributed by atoms with van der Waals surface area (Å²) in [6.45, 7) is 0.989. The monoisotopic (exact) mass is 502 g/mol. The first kappa shape index (κ1) is 25.1. The molecule has 0 amide bonds. The first-order valence-electron chi connectivity index (χ1n) is 9.75. The summed E-state index contributed by atoms with van der Waals surface area (Å²) in [6, 6.07) is 8.72. The minimum absolute atomic E-state index is 0.0126. The third-order valence-corrected chi connectivity index (χ3v) is 4.75. The largest absolute Gasteiger partial charge is 0.477 e. The number of ether oxygens (including phenoxy) is 1. The minimum atomic E-state index is -1.29. The van der Waals surface area contributed by atoms with Crippen molar-refractivity contribution < 1.29 is 19.4 Å². The SMILES string of the molecule is COC(=O)c1cc(C(=O)O)nc2nc(N)nn12.Nc1c(NCc2cccc(CNCl)c2)c(=O)c1=O. The molecule has 0 radical (unpaired) electrons. The Balaban J connectivity index is 0.000000196. The molecule has 15 heteroatoms. The van der Waals surface area contributed by atoms with Crippen molar-refractivity contribution in [1.29, 1.82) is 0 Å². The number of halogens is 1. The molecule has 0 fully saturated rings. The van der Waals surface area contributed by atoms with Crippen molar-refractivity contribution in [3.05, 3.63) is 73.3 Å². The summed E-state index contributed by atoms with van der Waals surface area (Å²) in [7, 11) is 1.16. The molecule has 0 unspecified atom stereocenters. The van der Waals surface area contributed by atoms with Crippen LogP contribution in [0, 0.1) is 0 Å². The minimum Gasteiger partial charge on any atom is -0.477 e. The van der Waals surface area contributed by atoms with Crippen LogP contribution < -0.4 is 32.5 Å². The number of benzene rings is 1. The van der Waals surface area contributed by atoms with Gasteiger partial charge in [0.1, 0.15) is 11.4 Å². The zero-order valence-corrected chi connectivity index (χ0v) is 18.9. The molecule has 182 valence electrons. The van der Waals surface area contributed by atoms with Crippen molar-refractivity contribution in [3.63, 3.8) is 0 Å². The smallest absolute Gasteiger partial charge is 0.356 e. The zero-order valence-electron chi connectivity index (χ0n) is 18.1. The molecule has 2 aromatic heterocycles. The van der Waals surface area contributed by atoms with Crippen LogP contribution in [0.25, 0.3) is 5.78 Å². The van der Waals surface area contributed by atoms with E-state index in [0.29, 0.717) is 13.1 Å². The molecule has 0 aliphatic heterocycles. The van der Waals surface area contributed by atoms with Crippen molar-refractivity contribution in [3.8, 4) is 0 Å². The fourth-order valence-corrected chi connectivity index (χ4v) is 3.10. The van der Waals surface area contributed by atoms with Crippen molar-refractivity contribution in [2.24, 2.45) is 0 Å². The number of methoxy groups -OCH3 is 1. The first-order valence-corrected chi connectivity index (χ1v) is 10.1. The Labute approximate surface area is 201 Å². The number of fused-ring (bicyclic) bond motifs is 1. The fourth-order valence-electron chi connectivity index (χ4n) is 2.95. The molecule has 0 saturated heterocycles. The van der Waals surface area contributed by atoms with Gasteiger partial charge in [0.2, 0.25) is 5.95 Å². The summed E-state index contributed by atoms with van der Waals surface area (Å²) in [4.78, 5) is 54.3. The van der Waals surface area contributed by atoms with Gasteiger partial charge in [-0.05, 0) is 22.9 Å². The number of anilines is 3. The molecule has 0 spiro atoms. The van der Waals surface area contributed by atoms with Gasteiger partial charge in [-0.3, -0.25) is 9.59 Å². The maximum Gasteiger partial charge on any atom is 0.356 e. The molecule has 0 saturated carbocycles. The van der Waals surface area contributed by atoms with E-state index < -0.39 is 22.8 Å². The van der Waals surface area contributed by atoms with E-state index in [1.807, 2.05) is 24.3 Å². The van der Waals surface area contributed by atoms with Crippen molar-refractivity contribution in [2.45, 2.75) is 13.1 Å². The van der Waals surface area contributed by atoms with Gasteiger partial charge in [0, 0.05) is 19.2 Å². The number of esters is 1. The molecular formula is C20H19ClN8O6. The second-order valence-electron chi connectivity index (χ2n) is 6.94. The normalized spacial score (nSPS) is 10.6. The third kappa shape index (κ3) is 5.51. The van der Waals surface area contributed by atoms with Crippen LogP contribution in [-0.4, -0.2) is 43.7 Å². The zero-order chi connectivity index (χ0) is 25.7. The van der Waals surface area contributed by atoms with E-state index >= 15 is 0 Å². The molecule has 35 heavy (non-hydrogen) atoms. The first-order chi connectivity index (χ1) is 16.7. The van der Waals surface area contributed by atoms with Crippen molar-refractivity contribution >= 4 is 46.8 Å². The van der Waals surface area contributed by atoms with Gasteiger partial charge in [0.25, 0.3) is 16.6 Å². The summed E-state index contributed by atoms with van der Waals surface area (Å²) in [5, 5.41) is 15.4. The lowest BCUT2D eigenvalue weighted by molar-refractivity contribution is 0.0590. The average molecular weight is 503 g/mol. The van der Waals surface area contributed by atoms with Gasteiger partial charge in [0.05, 0.1) is 7.11 Å². The van der Waals surface area contributed by atoms with Gasteiger partial charge in [-0.2, -0.15) is 9.50 Å². The highest BCUT2D eigenvalue weighted by Gasteiger charge is 2.19. The number of aromatic carboxylic acids is 1. The Kier molecular flexibility index (Phi) is 7.58. The number of carbonyl (C=O) groups excluding carboxylic acids is 1. The molecule has 14 nitrogen and oxygen atoms in total. The number of carbonyl (C=O) groups is 2. The number of nitrogens with two attached hydrogens (primary N) is 2. The maximum absolute atomic E-state index is 11.4. The number of rotatable bonds is 7. The fraction of sp³-hybridized carbons (Fsp3) is 0.150. The molecule has 7 N–H and O–H groups in total.